The fraction of sp³-hybridized carbons (Fsp3) is 0.833. The van der Waals surface area contributed by atoms with Crippen molar-refractivity contribution < 1.29 is 14.3 Å². The average molecular weight is 242 g/mol. The summed E-state index contributed by atoms with van der Waals surface area (Å²) in [6.45, 7) is 2.59. The molecule has 0 aromatic rings. The zero-order chi connectivity index (χ0) is 12.8. The first-order valence-electron chi connectivity index (χ1n) is 6.23. The van der Waals surface area contributed by atoms with Crippen LogP contribution in [0.5, 0.6) is 0 Å². The molecule has 0 saturated carbocycles. The molecule has 0 aromatic heterocycles. The van der Waals surface area contributed by atoms with Gasteiger partial charge in [-0.05, 0) is 25.7 Å². The van der Waals surface area contributed by atoms with Gasteiger partial charge in [-0.2, -0.15) is 0 Å². The third-order valence-electron chi connectivity index (χ3n) is 3.30. The molecule has 1 heterocycles. The summed E-state index contributed by atoms with van der Waals surface area (Å²) in [5, 5.41) is 0. The van der Waals surface area contributed by atoms with Crippen LogP contribution in [0.3, 0.4) is 0 Å². The standard InChI is InChI=1S/C12H22N2O3/c1-3-10(13)12(16)14-7-5-4-6-9(14)8-11(15)17-2/h9-10H,3-8,13H2,1-2H3. The third-order valence-corrected chi connectivity index (χ3v) is 3.30. The van der Waals surface area contributed by atoms with Crippen molar-refractivity contribution in [3.8, 4) is 0 Å². The first kappa shape index (κ1) is 14.0. The molecule has 0 aromatic carbocycles. The van der Waals surface area contributed by atoms with E-state index in [1.165, 1.54) is 7.11 Å². The molecule has 1 saturated heterocycles. The van der Waals surface area contributed by atoms with Crippen LogP contribution in [0.15, 0.2) is 0 Å². The van der Waals surface area contributed by atoms with Crippen LogP contribution in [0.4, 0.5) is 0 Å². The van der Waals surface area contributed by atoms with Crippen LogP contribution in [-0.4, -0.2) is 42.5 Å². The molecule has 1 fully saturated rings. The Morgan fingerprint density at radius 2 is 2.18 bits per heavy atom. The van der Waals surface area contributed by atoms with E-state index in [0.29, 0.717) is 13.0 Å². The molecule has 2 unspecified atom stereocenters. The number of carbonyl (C=O) groups excluding carboxylic acids is 2. The van der Waals surface area contributed by atoms with Crippen molar-refractivity contribution in [2.24, 2.45) is 5.73 Å². The molecular formula is C12H22N2O3. The highest BCUT2D eigenvalue weighted by atomic mass is 16.5. The quantitative estimate of drug-likeness (QED) is 0.735. The van der Waals surface area contributed by atoms with Gasteiger partial charge >= 0.3 is 5.97 Å². The number of methoxy groups -OCH3 is 1. The normalized spacial score (nSPS) is 22.1. The summed E-state index contributed by atoms with van der Waals surface area (Å²) >= 11 is 0. The Morgan fingerprint density at radius 3 is 2.76 bits per heavy atom. The molecule has 2 N–H and O–H groups in total. The zero-order valence-electron chi connectivity index (χ0n) is 10.6. The van der Waals surface area contributed by atoms with E-state index in [0.717, 1.165) is 19.3 Å². The number of amides is 1. The Morgan fingerprint density at radius 1 is 1.47 bits per heavy atom. The number of esters is 1. The summed E-state index contributed by atoms with van der Waals surface area (Å²) in [5.41, 5.74) is 5.77. The predicted molar refractivity (Wildman–Crippen MR) is 64.3 cm³/mol. The van der Waals surface area contributed by atoms with Crippen molar-refractivity contribution >= 4 is 11.9 Å². The van der Waals surface area contributed by atoms with Gasteiger partial charge in [-0.15, -0.1) is 0 Å². The lowest BCUT2D eigenvalue weighted by Gasteiger charge is -2.36. The first-order chi connectivity index (χ1) is 8.10. The van der Waals surface area contributed by atoms with E-state index in [1.54, 1.807) is 4.90 Å². The van der Waals surface area contributed by atoms with Crippen LogP contribution >= 0.6 is 0 Å². The lowest BCUT2D eigenvalue weighted by molar-refractivity contribution is -0.145. The number of likely N-dealkylation sites (tertiary alicyclic amines) is 1. The lowest BCUT2D eigenvalue weighted by atomic mass is 9.98. The van der Waals surface area contributed by atoms with E-state index in [2.05, 4.69) is 4.74 Å². The number of hydrogen-bond acceptors (Lipinski definition) is 4. The average Bonchev–Trinajstić information content (AvgIpc) is 2.37. The van der Waals surface area contributed by atoms with Crippen molar-refractivity contribution in [1.29, 1.82) is 0 Å². The third kappa shape index (κ3) is 3.70. The fourth-order valence-corrected chi connectivity index (χ4v) is 2.17. The number of carbonyl (C=O) groups is 2. The second kappa shape index (κ2) is 6.59. The highest BCUT2D eigenvalue weighted by Gasteiger charge is 2.30. The summed E-state index contributed by atoms with van der Waals surface area (Å²) in [4.78, 5) is 25.1. The van der Waals surface area contributed by atoms with E-state index in [9.17, 15) is 9.59 Å². The van der Waals surface area contributed by atoms with Gasteiger partial charge in [-0.3, -0.25) is 9.59 Å². The fourth-order valence-electron chi connectivity index (χ4n) is 2.17. The Labute approximate surface area is 102 Å². The van der Waals surface area contributed by atoms with Crippen LogP contribution in [-0.2, 0) is 14.3 Å². The summed E-state index contributed by atoms with van der Waals surface area (Å²) in [6.07, 6.45) is 3.79. The molecule has 98 valence electrons. The van der Waals surface area contributed by atoms with Crippen LogP contribution in [0.2, 0.25) is 0 Å². The number of rotatable bonds is 4. The molecule has 0 radical (unpaired) electrons. The molecule has 0 spiro atoms. The highest BCUT2D eigenvalue weighted by molar-refractivity contribution is 5.82. The van der Waals surface area contributed by atoms with E-state index in [1.807, 2.05) is 6.92 Å². The van der Waals surface area contributed by atoms with Gasteiger partial charge in [0.25, 0.3) is 0 Å². The second-order valence-electron chi connectivity index (χ2n) is 4.48. The van der Waals surface area contributed by atoms with Gasteiger partial charge in [0.15, 0.2) is 0 Å². The maximum atomic E-state index is 12.1. The molecule has 5 nitrogen and oxygen atoms in total. The van der Waals surface area contributed by atoms with Crippen molar-refractivity contribution in [3.63, 3.8) is 0 Å². The smallest absolute Gasteiger partial charge is 0.307 e. The van der Waals surface area contributed by atoms with Crippen molar-refractivity contribution in [1.82, 2.24) is 4.90 Å². The van der Waals surface area contributed by atoms with Crippen LogP contribution in [0.25, 0.3) is 0 Å². The molecule has 1 aliphatic rings. The summed E-state index contributed by atoms with van der Waals surface area (Å²) in [7, 11) is 1.37. The number of nitrogens with two attached hydrogens (primary N) is 1. The van der Waals surface area contributed by atoms with Crippen LogP contribution < -0.4 is 5.73 Å². The van der Waals surface area contributed by atoms with E-state index < -0.39 is 6.04 Å². The van der Waals surface area contributed by atoms with Crippen molar-refractivity contribution in [2.45, 2.75) is 51.1 Å². The molecule has 0 aliphatic carbocycles. The van der Waals surface area contributed by atoms with Gasteiger partial charge in [-0.25, -0.2) is 0 Å². The zero-order valence-corrected chi connectivity index (χ0v) is 10.6. The van der Waals surface area contributed by atoms with Gasteiger partial charge in [0.05, 0.1) is 19.6 Å². The Bertz CT molecular complexity index is 281. The summed E-state index contributed by atoms with van der Waals surface area (Å²) in [6, 6.07) is -0.491. The molecule has 2 atom stereocenters. The van der Waals surface area contributed by atoms with Gasteiger partial charge in [-0.1, -0.05) is 6.92 Å². The van der Waals surface area contributed by atoms with Crippen molar-refractivity contribution in [3.05, 3.63) is 0 Å². The van der Waals surface area contributed by atoms with Gasteiger partial charge in [0, 0.05) is 12.6 Å². The van der Waals surface area contributed by atoms with E-state index in [-0.39, 0.29) is 24.3 Å². The summed E-state index contributed by atoms with van der Waals surface area (Å²) in [5.74, 6) is -0.305. The minimum absolute atomic E-state index is 0.0405. The molecular weight excluding hydrogens is 220 g/mol. The SMILES string of the molecule is CCC(N)C(=O)N1CCCCC1CC(=O)OC. The Hall–Kier alpha value is -1.10. The highest BCUT2D eigenvalue weighted by Crippen LogP contribution is 2.21. The first-order valence-corrected chi connectivity index (χ1v) is 6.23. The van der Waals surface area contributed by atoms with Gasteiger partial charge in [0.2, 0.25) is 5.91 Å². The van der Waals surface area contributed by atoms with Crippen LogP contribution in [0, 0.1) is 0 Å². The van der Waals surface area contributed by atoms with E-state index >= 15 is 0 Å². The molecule has 1 aliphatic heterocycles. The minimum Gasteiger partial charge on any atom is -0.469 e. The van der Waals surface area contributed by atoms with Crippen molar-refractivity contribution in [2.75, 3.05) is 13.7 Å². The number of nitrogens with zero attached hydrogens (tertiary/aromatic N) is 1. The lowest BCUT2D eigenvalue weighted by Crippen LogP contribution is -2.51. The van der Waals surface area contributed by atoms with Crippen LogP contribution in [0.1, 0.15) is 39.0 Å². The van der Waals surface area contributed by atoms with Gasteiger partial charge < -0.3 is 15.4 Å². The predicted octanol–water partition coefficient (Wildman–Crippen LogP) is 0.668. The molecule has 5 heteroatoms. The Balaban J connectivity index is 2.65. The van der Waals surface area contributed by atoms with E-state index in [4.69, 9.17) is 5.73 Å². The monoisotopic (exact) mass is 242 g/mol. The maximum absolute atomic E-state index is 12.1. The summed E-state index contributed by atoms with van der Waals surface area (Å²) < 4.78 is 4.66. The number of ether oxygens (including phenoxy) is 1. The molecule has 17 heavy (non-hydrogen) atoms. The Kier molecular flexibility index (Phi) is 5.41. The molecule has 0 bridgehead atoms. The number of piperidine rings is 1. The minimum atomic E-state index is -0.451. The molecule has 1 amide bonds. The maximum Gasteiger partial charge on any atom is 0.307 e. The molecule has 1 rings (SSSR count). The second-order valence-corrected chi connectivity index (χ2v) is 4.48. The topological polar surface area (TPSA) is 72.6 Å². The largest absolute Gasteiger partial charge is 0.469 e. The number of hydrogen-bond donors (Lipinski definition) is 1. The van der Waals surface area contributed by atoms with Gasteiger partial charge in [0.1, 0.15) is 0 Å².